The lowest BCUT2D eigenvalue weighted by Gasteiger charge is -2.35. The summed E-state index contributed by atoms with van der Waals surface area (Å²) in [4.78, 5) is 0.278. The summed E-state index contributed by atoms with van der Waals surface area (Å²) in [7, 11) is -1.82. The zero-order chi connectivity index (χ0) is 11.8. The van der Waals surface area contributed by atoms with E-state index < -0.39 is 10.0 Å². The minimum Gasteiger partial charge on any atom is -0.497 e. The van der Waals surface area contributed by atoms with Crippen molar-refractivity contribution in [3.8, 4) is 5.75 Å². The van der Waals surface area contributed by atoms with Gasteiger partial charge in [0.1, 0.15) is 5.75 Å². The minimum atomic E-state index is -3.36. The van der Waals surface area contributed by atoms with Gasteiger partial charge in [-0.2, -0.15) is 4.31 Å². The van der Waals surface area contributed by atoms with E-state index >= 15 is 0 Å². The second kappa shape index (κ2) is 4.04. The van der Waals surface area contributed by atoms with Gasteiger partial charge in [0.2, 0.25) is 10.0 Å². The molecule has 1 aliphatic heterocycles. The molecular formula is C10H14N2O3S. The van der Waals surface area contributed by atoms with Gasteiger partial charge in [-0.15, -0.1) is 0 Å². The molecule has 1 aromatic rings. The molecule has 1 heterocycles. The quantitative estimate of drug-likeness (QED) is 0.811. The largest absolute Gasteiger partial charge is 0.497 e. The summed E-state index contributed by atoms with van der Waals surface area (Å²) in [6, 6.07) is 6.31. The number of hydrogen-bond acceptors (Lipinski definition) is 4. The zero-order valence-corrected chi connectivity index (χ0v) is 9.78. The summed E-state index contributed by atoms with van der Waals surface area (Å²) in [6.07, 6.45) is 0. The normalized spacial score (nSPS) is 18.1. The van der Waals surface area contributed by atoms with Gasteiger partial charge in [-0.1, -0.05) is 0 Å². The Kier molecular flexibility index (Phi) is 2.88. The van der Waals surface area contributed by atoms with Crippen molar-refractivity contribution in [3.63, 3.8) is 0 Å². The fourth-order valence-electron chi connectivity index (χ4n) is 1.56. The van der Waals surface area contributed by atoms with Gasteiger partial charge in [0.25, 0.3) is 0 Å². The Bertz CT molecular complexity index is 463. The maximum Gasteiger partial charge on any atom is 0.243 e. The predicted molar refractivity (Wildman–Crippen MR) is 59.7 cm³/mol. The van der Waals surface area contributed by atoms with Crippen LogP contribution in [0.25, 0.3) is 0 Å². The van der Waals surface area contributed by atoms with Crippen molar-refractivity contribution >= 4 is 10.0 Å². The molecule has 5 nitrogen and oxygen atoms in total. The standard InChI is InChI=1S/C10H14N2O3S/c1-15-9-2-4-10(5-3-9)16(13,14)12-6-8(11)7-12/h2-5,8H,6-7,11H2,1H3. The Morgan fingerprint density at radius 2 is 1.88 bits per heavy atom. The van der Waals surface area contributed by atoms with Crippen LogP contribution in [0.4, 0.5) is 0 Å². The highest BCUT2D eigenvalue weighted by Gasteiger charge is 2.34. The molecule has 0 aliphatic carbocycles. The first-order valence-electron chi connectivity index (χ1n) is 4.94. The van der Waals surface area contributed by atoms with Crippen molar-refractivity contribution in [3.05, 3.63) is 24.3 Å². The molecule has 0 unspecified atom stereocenters. The van der Waals surface area contributed by atoms with E-state index in [4.69, 9.17) is 10.5 Å². The molecule has 16 heavy (non-hydrogen) atoms. The molecule has 0 bridgehead atoms. The monoisotopic (exact) mass is 242 g/mol. The predicted octanol–water partition coefficient (Wildman–Crippen LogP) is 0.0268. The molecule has 1 aromatic carbocycles. The number of nitrogens with zero attached hydrogens (tertiary/aromatic N) is 1. The third-order valence-corrected chi connectivity index (χ3v) is 4.42. The van der Waals surface area contributed by atoms with E-state index in [9.17, 15) is 8.42 Å². The number of ether oxygens (including phenoxy) is 1. The molecule has 1 fully saturated rings. The van der Waals surface area contributed by atoms with Crippen molar-refractivity contribution in [1.82, 2.24) is 4.31 Å². The summed E-state index contributed by atoms with van der Waals surface area (Å²) < 4.78 is 30.3. The van der Waals surface area contributed by atoms with Crippen molar-refractivity contribution in [2.75, 3.05) is 20.2 Å². The summed E-state index contributed by atoms with van der Waals surface area (Å²) >= 11 is 0. The first-order chi connectivity index (χ1) is 7.54. The highest BCUT2D eigenvalue weighted by atomic mass is 32.2. The SMILES string of the molecule is COc1ccc(S(=O)(=O)N2CC(N)C2)cc1. The molecule has 88 valence electrons. The average Bonchev–Trinajstić information content (AvgIpc) is 2.25. The Labute approximate surface area is 94.9 Å². The van der Waals surface area contributed by atoms with Gasteiger partial charge in [0.05, 0.1) is 12.0 Å². The first kappa shape index (κ1) is 11.4. The van der Waals surface area contributed by atoms with Gasteiger partial charge in [0, 0.05) is 19.1 Å². The highest BCUT2D eigenvalue weighted by molar-refractivity contribution is 7.89. The maximum atomic E-state index is 12.0. The Hall–Kier alpha value is -1.11. The molecule has 0 amide bonds. The second-order valence-electron chi connectivity index (χ2n) is 3.76. The lowest BCUT2D eigenvalue weighted by molar-refractivity contribution is 0.265. The van der Waals surface area contributed by atoms with E-state index in [1.54, 1.807) is 12.1 Å². The van der Waals surface area contributed by atoms with Crippen molar-refractivity contribution in [1.29, 1.82) is 0 Å². The number of sulfonamides is 1. The van der Waals surface area contributed by atoms with E-state index in [-0.39, 0.29) is 10.9 Å². The maximum absolute atomic E-state index is 12.0. The molecule has 1 aliphatic rings. The van der Waals surface area contributed by atoms with Crippen LogP contribution >= 0.6 is 0 Å². The molecular weight excluding hydrogens is 228 g/mol. The van der Waals surface area contributed by atoms with Crippen LogP contribution < -0.4 is 10.5 Å². The molecule has 1 saturated heterocycles. The summed E-state index contributed by atoms with van der Waals surface area (Å²) in [6.45, 7) is 0.794. The average molecular weight is 242 g/mol. The molecule has 0 saturated carbocycles. The molecule has 0 spiro atoms. The molecule has 0 atom stereocenters. The van der Waals surface area contributed by atoms with Crippen LogP contribution in [-0.2, 0) is 10.0 Å². The second-order valence-corrected chi connectivity index (χ2v) is 5.70. The van der Waals surface area contributed by atoms with Crippen LogP contribution in [0.2, 0.25) is 0 Å². The van der Waals surface area contributed by atoms with E-state index in [1.165, 1.54) is 23.5 Å². The molecule has 0 aromatic heterocycles. The molecule has 2 rings (SSSR count). The van der Waals surface area contributed by atoms with Crippen LogP contribution in [0, 0.1) is 0 Å². The van der Waals surface area contributed by atoms with Gasteiger partial charge in [-0.05, 0) is 24.3 Å². The van der Waals surface area contributed by atoms with Gasteiger partial charge in [-0.3, -0.25) is 0 Å². The Morgan fingerprint density at radius 1 is 1.31 bits per heavy atom. The van der Waals surface area contributed by atoms with E-state index in [0.717, 1.165) is 0 Å². The number of nitrogens with two attached hydrogens (primary N) is 1. The van der Waals surface area contributed by atoms with Crippen LogP contribution in [0.15, 0.2) is 29.2 Å². The molecule has 0 radical (unpaired) electrons. The number of rotatable bonds is 3. The number of benzene rings is 1. The lowest BCUT2D eigenvalue weighted by atomic mass is 10.2. The van der Waals surface area contributed by atoms with E-state index in [1.807, 2.05) is 0 Å². The fourth-order valence-corrected chi connectivity index (χ4v) is 3.12. The molecule has 6 heteroatoms. The van der Waals surface area contributed by atoms with E-state index in [0.29, 0.717) is 18.8 Å². The van der Waals surface area contributed by atoms with Crippen molar-refractivity contribution in [2.45, 2.75) is 10.9 Å². The summed E-state index contributed by atoms with van der Waals surface area (Å²) in [5.74, 6) is 0.638. The van der Waals surface area contributed by atoms with Crippen LogP contribution in [-0.4, -0.2) is 39.0 Å². The third kappa shape index (κ3) is 1.91. The molecule has 2 N–H and O–H groups in total. The summed E-state index contributed by atoms with van der Waals surface area (Å²) in [5, 5.41) is 0. The van der Waals surface area contributed by atoms with E-state index in [2.05, 4.69) is 0 Å². The third-order valence-electron chi connectivity index (χ3n) is 2.57. The first-order valence-corrected chi connectivity index (χ1v) is 6.38. The minimum absolute atomic E-state index is 0.0342. The fraction of sp³-hybridized carbons (Fsp3) is 0.400. The lowest BCUT2D eigenvalue weighted by Crippen LogP contribution is -2.57. The number of hydrogen-bond donors (Lipinski definition) is 1. The topological polar surface area (TPSA) is 72.6 Å². The van der Waals surface area contributed by atoms with Crippen LogP contribution in [0.1, 0.15) is 0 Å². The Morgan fingerprint density at radius 3 is 2.31 bits per heavy atom. The van der Waals surface area contributed by atoms with Crippen molar-refractivity contribution in [2.24, 2.45) is 5.73 Å². The van der Waals surface area contributed by atoms with Gasteiger partial charge in [-0.25, -0.2) is 8.42 Å². The smallest absolute Gasteiger partial charge is 0.243 e. The van der Waals surface area contributed by atoms with Crippen molar-refractivity contribution < 1.29 is 13.2 Å². The van der Waals surface area contributed by atoms with Gasteiger partial charge >= 0.3 is 0 Å². The van der Waals surface area contributed by atoms with Crippen LogP contribution in [0.5, 0.6) is 5.75 Å². The number of methoxy groups -OCH3 is 1. The Balaban J connectivity index is 2.22. The zero-order valence-electron chi connectivity index (χ0n) is 8.96. The van der Waals surface area contributed by atoms with Gasteiger partial charge in [0.15, 0.2) is 0 Å². The van der Waals surface area contributed by atoms with Crippen LogP contribution in [0.3, 0.4) is 0 Å². The highest BCUT2D eigenvalue weighted by Crippen LogP contribution is 2.22. The van der Waals surface area contributed by atoms with Gasteiger partial charge < -0.3 is 10.5 Å². The summed E-state index contributed by atoms with van der Waals surface area (Å²) in [5.41, 5.74) is 5.56.